The molecule has 1 fully saturated rings. The van der Waals surface area contributed by atoms with E-state index in [2.05, 4.69) is 0 Å². The van der Waals surface area contributed by atoms with Crippen molar-refractivity contribution in [2.75, 3.05) is 24.7 Å². The minimum Gasteiger partial charge on any atom is -0.356 e. The fourth-order valence-corrected chi connectivity index (χ4v) is 3.88. The second-order valence-electron chi connectivity index (χ2n) is 4.87. The van der Waals surface area contributed by atoms with Crippen LogP contribution in [-0.4, -0.2) is 32.5 Å². The molecule has 0 N–H and O–H groups in total. The molecule has 4 nitrogen and oxygen atoms in total. The number of para-hydroxylation sites is 1. The second kappa shape index (κ2) is 5.67. The van der Waals surface area contributed by atoms with Gasteiger partial charge in [-0.3, -0.25) is 0 Å². The molecule has 0 aromatic heterocycles. The van der Waals surface area contributed by atoms with E-state index in [4.69, 9.17) is 11.6 Å². The van der Waals surface area contributed by atoms with Gasteiger partial charge in [0.25, 0.3) is 0 Å². The van der Waals surface area contributed by atoms with E-state index in [1.165, 1.54) is 4.31 Å². The number of anilines is 1. The van der Waals surface area contributed by atoms with Crippen molar-refractivity contribution in [3.05, 3.63) is 59.6 Å². The molecule has 2 aromatic rings. The maximum atomic E-state index is 12.6. The number of nitrogens with zero attached hydrogens (tertiary/aromatic N) is 2. The van der Waals surface area contributed by atoms with E-state index in [1.54, 1.807) is 24.3 Å². The quantitative estimate of drug-likeness (QED) is 0.872. The van der Waals surface area contributed by atoms with Crippen molar-refractivity contribution in [1.29, 1.82) is 0 Å². The lowest BCUT2D eigenvalue weighted by atomic mass is 10.3. The van der Waals surface area contributed by atoms with Gasteiger partial charge in [-0.1, -0.05) is 29.8 Å². The lowest BCUT2D eigenvalue weighted by Crippen LogP contribution is -2.31. The van der Waals surface area contributed by atoms with E-state index in [0.29, 0.717) is 24.8 Å². The van der Waals surface area contributed by atoms with Crippen LogP contribution in [0.4, 0.5) is 5.69 Å². The first-order valence-electron chi connectivity index (χ1n) is 6.63. The molecule has 0 saturated carbocycles. The highest BCUT2D eigenvalue weighted by molar-refractivity contribution is 7.89. The van der Waals surface area contributed by atoms with Gasteiger partial charge in [-0.25, -0.2) is 8.42 Å². The summed E-state index contributed by atoms with van der Waals surface area (Å²) in [5.41, 5.74) is 1.03. The summed E-state index contributed by atoms with van der Waals surface area (Å²) < 4.78 is 26.6. The summed E-state index contributed by atoms with van der Waals surface area (Å²) in [5, 5.41) is 0.529. The Balaban J connectivity index is 1.81. The maximum absolute atomic E-state index is 12.6. The van der Waals surface area contributed by atoms with Gasteiger partial charge >= 0.3 is 0 Å². The Morgan fingerprint density at radius 3 is 2.24 bits per heavy atom. The van der Waals surface area contributed by atoms with Crippen molar-refractivity contribution in [3.8, 4) is 0 Å². The lowest BCUT2D eigenvalue weighted by molar-refractivity contribution is 0.479. The Labute approximate surface area is 129 Å². The van der Waals surface area contributed by atoms with Crippen molar-refractivity contribution >= 4 is 27.3 Å². The Kier molecular flexibility index (Phi) is 3.89. The molecular weight excluding hydrogens is 308 g/mol. The van der Waals surface area contributed by atoms with Gasteiger partial charge in [-0.05, 0) is 36.4 Å². The van der Waals surface area contributed by atoms with Crippen molar-refractivity contribution in [1.82, 2.24) is 4.31 Å². The van der Waals surface area contributed by atoms with Crippen LogP contribution in [0.15, 0.2) is 59.5 Å². The smallest absolute Gasteiger partial charge is 0.244 e. The Morgan fingerprint density at radius 2 is 1.57 bits per heavy atom. The van der Waals surface area contributed by atoms with E-state index < -0.39 is 10.0 Å². The predicted octanol–water partition coefficient (Wildman–Crippen LogP) is 2.81. The molecule has 0 bridgehead atoms. The van der Waals surface area contributed by atoms with Crippen molar-refractivity contribution in [3.63, 3.8) is 0 Å². The first-order valence-corrected chi connectivity index (χ1v) is 8.45. The summed E-state index contributed by atoms with van der Waals surface area (Å²) in [5.74, 6) is 0. The molecule has 1 aliphatic rings. The van der Waals surface area contributed by atoms with Gasteiger partial charge in [0.2, 0.25) is 10.0 Å². The summed E-state index contributed by atoms with van der Waals surface area (Å²) in [6.45, 7) is 1.55. The maximum Gasteiger partial charge on any atom is 0.244 e. The molecule has 21 heavy (non-hydrogen) atoms. The zero-order valence-corrected chi connectivity index (χ0v) is 12.9. The number of halogens is 1. The third kappa shape index (κ3) is 2.90. The van der Waals surface area contributed by atoms with E-state index in [1.807, 2.05) is 35.2 Å². The summed E-state index contributed by atoms with van der Waals surface area (Å²) in [4.78, 5) is 2.33. The van der Waals surface area contributed by atoms with Crippen LogP contribution in [0.25, 0.3) is 0 Å². The zero-order valence-electron chi connectivity index (χ0n) is 11.3. The molecule has 110 valence electrons. The minimum absolute atomic E-state index is 0.279. The first kappa shape index (κ1) is 14.4. The molecule has 1 saturated heterocycles. The van der Waals surface area contributed by atoms with Crippen LogP contribution in [0.5, 0.6) is 0 Å². The number of sulfonamides is 1. The van der Waals surface area contributed by atoms with Gasteiger partial charge < -0.3 is 4.90 Å². The number of hydrogen-bond donors (Lipinski definition) is 0. The van der Waals surface area contributed by atoms with Gasteiger partial charge in [0.15, 0.2) is 0 Å². The Hall–Kier alpha value is -1.56. The van der Waals surface area contributed by atoms with Crippen molar-refractivity contribution < 1.29 is 8.42 Å². The van der Waals surface area contributed by atoms with Crippen LogP contribution in [-0.2, 0) is 10.0 Å². The molecule has 0 spiro atoms. The molecule has 0 aliphatic carbocycles. The summed E-state index contributed by atoms with van der Waals surface area (Å²) in [7, 11) is -3.46. The zero-order chi connectivity index (χ0) is 14.9. The van der Waals surface area contributed by atoms with Crippen LogP contribution in [0.1, 0.15) is 0 Å². The average Bonchev–Trinajstić information content (AvgIpc) is 2.99. The number of benzene rings is 2. The van der Waals surface area contributed by atoms with E-state index in [0.717, 1.165) is 5.69 Å². The molecular formula is C15H15ClN2O2S. The van der Waals surface area contributed by atoms with Gasteiger partial charge in [-0.2, -0.15) is 4.31 Å². The molecule has 6 heteroatoms. The van der Waals surface area contributed by atoms with Crippen molar-refractivity contribution in [2.24, 2.45) is 0 Å². The Morgan fingerprint density at radius 1 is 0.905 bits per heavy atom. The monoisotopic (exact) mass is 322 g/mol. The van der Waals surface area contributed by atoms with Gasteiger partial charge in [0, 0.05) is 23.8 Å². The Bertz CT molecular complexity index is 717. The summed E-state index contributed by atoms with van der Waals surface area (Å²) in [6.07, 6.45) is 0. The van der Waals surface area contributed by atoms with Crippen LogP contribution >= 0.6 is 11.6 Å². The third-order valence-corrected chi connectivity index (χ3v) is 5.62. The average molecular weight is 323 g/mol. The van der Waals surface area contributed by atoms with Crippen LogP contribution in [0.2, 0.25) is 5.02 Å². The molecule has 3 rings (SSSR count). The van der Waals surface area contributed by atoms with Crippen molar-refractivity contribution in [2.45, 2.75) is 4.90 Å². The van der Waals surface area contributed by atoms with E-state index in [9.17, 15) is 8.42 Å². The SMILES string of the molecule is O=S(=O)(c1ccc(Cl)cc1)N1CCN(c2ccccc2)C1. The lowest BCUT2D eigenvalue weighted by Gasteiger charge is -2.19. The van der Waals surface area contributed by atoms with E-state index in [-0.39, 0.29) is 4.90 Å². The normalized spacial score (nSPS) is 16.3. The molecule has 1 heterocycles. The van der Waals surface area contributed by atoms with Gasteiger partial charge in [0.1, 0.15) is 0 Å². The van der Waals surface area contributed by atoms with Crippen LogP contribution < -0.4 is 4.90 Å². The summed E-state index contributed by atoms with van der Waals surface area (Å²) in [6, 6.07) is 16.1. The first-order chi connectivity index (χ1) is 10.1. The highest BCUT2D eigenvalue weighted by Gasteiger charge is 2.31. The van der Waals surface area contributed by atoms with Gasteiger partial charge in [-0.15, -0.1) is 0 Å². The molecule has 2 aromatic carbocycles. The minimum atomic E-state index is -3.46. The molecule has 0 radical (unpaired) electrons. The fourth-order valence-electron chi connectivity index (χ4n) is 2.37. The van der Waals surface area contributed by atoms with Crippen LogP contribution in [0.3, 0.4) is 0 Å². The highest BCUT2D eigenvalue weighted by atomic mass is 35.5. The van der Waals surface area contributed by atoms with Gasteiger partial charge in [0.05, 0.1) is 11.6 Å². The predicted molar refractivity (Wildman–Crippen MR) is 84.0 cm³/mol. The second-order valence-corrected chi connectivity index (χ2v) is 7.25. The van der Waals surface area contributed by atoms with Crippen LogP contribution in [0, 0.1) is 0 Å². The fraction of sp³-hybridized carbons (Fsp3) is 0.200. The largest absolute Gasteiger partial charge is 0.356 e. The number of rotatable bonds is 3. The summed E-state index contributed by atoms with van der Waals surface area (Å²) >= 11 is 5.81. The standard InChI is InChI=1S/C15H15ClN2O2S/c16-13-6-8-15(9-7-13)21(19,20)18-11-10-17(12-18)14-4-2-1-3-5-14/h1-9H,10-12H2. The number of hydrogen-bond acceptors (Lipinski definition) is 3. The third-order valence-electron chi connectivity index (χ3n) is 3.52. The topological polar surface area (TPSA) is 40.6 Å². The molecule has 1 aliphatic heterocycles. The molecule has 0 atom stereocenters. The van der Waals surface area contributed by atoms with E-state index >= 15 is 0 Å². The highest BCUT2D eigenvalue weighted by Crippen LogP contribution is 2.24. The molecule has 0 unspecified atom stereocenters. The molecule has 0 amide bonds.